The van der Waals surface area contributed by atoms with Crippen molar-refractivity contribution in [2.45, 2.75) is 55.6 Å². The maximum absolute atomic E-state index is 15.1. The van der Waals surface area contributed by atoms with Gasteiger partial charge < -0.3 is 10.1 Å². The number of carbonyl (C=O) groups excluding carboxylic acids is 1. The minimum absolute atomic E-state index is 0.116. The number of nitrogens with one attached hydrogen (secondary N) is 1. The third-order valence-electron chi connectivity index (χ3n) is 8.11. The van der Waals surface area contributed by atoms with Gasteiger partial charge >= 0.3 is 18.5 Å². The maximum Gasteiger partial charge on any atom is 0.499 e. The highest BCUT2D eigenvalue weighted by atomic mass is 19.4. The van der Waals surface area contributed by atoms with E-state index in [1.54, 1.807) is 30.3 Å². The van der Waals surface area contributed by atoms with Crippen LogP contribution in [0.3, 0.4) is 0 Å². The molecular formula is C34H25F10NO2. The van der Waals surface area contributed by atoms with Gasteiger partial charge in [0.15, 0.2) is 0 Å². The number of alkyl halides is 8. The number of hydrogen-bond acceptors (Lipinski definition) is 2. The van der Waals surface area contributed by atoms with Crippen LogP contribution in [0.5, 0.6) is 5.75 Å². The van der Waals surface area contributed by atoms with Gasteiger partial charge in [0.05, 0.1) is 11.1 Å². The minimum Gasteiger partial charge on any atom is -0.426 e. The van der Waals surface area contributed by atoms with E-state index >= 15 is 4.39 Å². The molecule has 5 rings (SSSR count). The number of hydrogen-bond donors (Lipinski definition) is 1. The molecular weight excluding hydrogens is 644 g/mol. The van der Waals surface area contributed by atoms with Gasteiger partial charge in [0, 0.05) is 12.0 Å². The van der Waals surface area contributed by atoms with Crippen molar-refractivity contribution in [1.29, 1.82) is 0 Å². The summed E-state index contributed by atoms with van der Waals surface area (Å²) in [6, 6.07) is 17.6. The number of amides is 1. The normalized spacial score (nSPS) is 15.4. The summed E-state index contributed by atoms with van der Waals surface area (Å²) >= 11 is 0. The molecule has 1 N–H and O–H groups in total. The van der Waals surface area contributed by atoms with Crippen LogP contribution in [0.15, 0.2) is 91.0 Å². The van der Waals surface area contributed by atoms with Crippen LogP contribution in [0.4, 0.5) is 43.9 Å². The number of ether oxygens (including phenoxy) is 1. The molecule has 0 radical (unpaired) electrons. The van der Waals surface area contributed by atoms with Crippen molar-refractivity contribution in [3.05, 3.63) is 136 Å². The Labute approximate surface area is 262 Å². The summed E-state index contributed by atoms with van der Waals surface area (Å²) in [7, 11) is 0. The molecule has 0 heterocycles. The van der Waals surface area contributed by atoms with Crippen molar-refractivity contribution in [1.82, 2.24) is 5.32 Å². The quantitative estimate of drug-likeness (QED) is 0.180. The first-order valence-electron chi connectivity index (χ1n) is 14.3. The minimum atomic E-state index is -6.08. The lowest BCUT2D eigenvalue weighted by Gasteiger charge is -2.38. The van der Waals surface area contributed by atoms with Crippen LogP contribution in [0.1, 0.15) is 63.4 Å². The molecule has 0 aromatic heterocycles. The molecule has 13 heteroatoms. The Morgan fingerprint density at radius 1 is 0.745 bits per heavy atom. The maximum atomic E-state index is 15.1. The van der Waals surface area contributed by atoms with E-state index in [1.165, 1.54) is 18.2 Å². The lowest BCUT2D eigenvalue weighted by Crippen LogP contribution is -2.49. The zero-order chi connectivity index (χ0) is 34.2. The summed E-state index contributed by atoms with van der Waals surface area (Å²) in [6.07, 6.45) is -15.0. The number of rotatable bonds is 9. The lowest BCUT2D eigenvalue weighted by atomic mass is 9.74. The first-order valence-corrected chi connectivity index (χ1v) is 14.3. The molecule has 0 bridgehead atoms. The molecule has 1 aliphatic rings. The van der Waals surface area contributed by atoms with E-state index in [1.807, 2.05) is 0 Å². The van der Waals surface area contributed by atoms with Crippen molar-refractivity contribution in [2.75, 3.05) is 0 Å². The fourth-order valence-electron chi connectivity index (χ4n) is 5.48. The first kappa shape index (κ1) is 33.8. The highest BCUT2D eigenvalue weighted by Crippen LogP contribution is 2.43. The molecule has 1 fully saturated rings. The zero-order valence-corrected chi connectivity index (χ0v) is 24.2. The summed E-state index contributed by atoms with van der Waals surface area (Å²) in [5, 5.41) is 2.65. The molecule has 0 unspecified atom stereocenters. The van der Waals surface area contributed by atoms with Gasteiger partial charge in [0.2, 0.25) is 0 Å². The Bertz CT molecular complexity index is 1750. The third-order valence-corrected chi connectivity index (χ3v) is 8.11. The fraction of sp³-hybridized carbons (Fsp3) is 0.265. The summed E-state index contributed by atoms with van der Waals surface area (Å²) in [5.41, 5.74) is -3.50. The Hall–Kier alpha value is -4.55. The van der Waals surface area contributed by atoms with Crippen LogP contribution in [0.25, 0.3) is 0 Å². The van der Waals surface area contributed by atoms with E-state index in [-0.39, 0.29) is 29.0 Å². The van der Waals surface area contributed by atoms with Crippen LogP contribution in [-0.2, 0) is 18.1 Å². The molecule has 4 aromatic carbocycles. The smallest absolute Gasteiger partial charge is 0.426 e. The molecule has 47 heavy (non-hydrogen) atoms. The SMILES string of the molecule is O=C(N[C@@](Cc1ccccc1)(c1cccc(OC(F)(F)C(F)(F)F)c1)c1ccc(F)c(C2CCC2)c1)c1ccc(F)c(C(F)(F)F)c1. The molecule has 4 aromatic rings. The number of benzene rings is 4. The van der Waals surface area contributed by atoms with E-state index < -0.39 is 58.4 Å². The summed E-state index contributed by atoms with van der Waals surface area (Å²) in [5.74, 6) is -4.53. The van der Waals surface area contributed by atoms with Crippen molar-refractivity contribution in [2.24, 2.45) is 0 Å². The van der Waals surface area contributed by atoms with Gasteiger partial charge in [-0.1, -0.05) is 55.0 Å². The highest BCUT2D eigenvalue weighted by Gasteiger charge is 2.61. The standard InChI is InChI=1S/C34H25F10NO2/c35-28-15-13-24(18-26(28)21-8-4-9-21)31(19-20-6-2-1-3-7-20,23-10-5-11-25(17-23)47-34(43,44)33(40,41)42)45-30(46)22-12-14-29(36)27(16-22)32(37,38)39/h1-3,5-7,10-18,21H,4,8-9,19H2,(H,45,46)/t31-/m0/s1. The third kappa shape index (κ3) is 7.08. The molecule has 3 nitrogen and oxygen atoms in total. The molecule has 1 atom stereocenters. The van der Waals surface area contributed by atoms with Crippen molar-refractivity contribution < 1.29 is 53.4 Å². The van der Waals surface area contributed by atoms with E-state index in [0.717, 1.165) is 36.8 Å². The van der Waals surface area contributed by atoms with E-state index in [9.17, 15) is 44.3 Å². The molecule has 0 aliphatic heterocycles. The van der Waals surface area contributed by atoms with Crippen molar-refractivity contribution in [3.8, 4) is 5.75 Å². The molecule has 248 valence electrons. The fourth-order valence-corrected chi connectivity index (χ4v) is 5.48. The van der Waals surface area contributed by atoms with Gasteiger partial charge in [0.25, 0.3) is 5.91 Å². The van der Waals surface area contributed by atoms with Crippen molar-refractivity contribution in [3.63, 3.8) is 0 Å². The van der Waals surface area contributed by atoms with Gasteiger partial charge in [-0.2, -0.15) is 35.1 Å². The van der Waals surface area contributed by atoms with Crippen LogP contribution >= 0.6 is 0 Å². The number of carbonyl (C=O) groups is 1. The van der Waals surface area contributed by atoms with Crippen molar-refractivity contribution >= 4 is 5.91 Å². The average Bonchev–Trinajstić information content (AvgIpc) is 2.96. The van der Waals surface area contributed by atoms with Gasteiger partial charge in [-0.3, -0.25) is 4.79 Å². The van der Waals surface area contributed by atoms with Crippen LogP contribution in [0, 0.1) is 11.6 Å². The summed E-state index contributed by atoms with van der Waals surface area (Å²) in [6.45, 7) is 0. The summed E-state index contributed by atoms with van der Waals surface area (Å²) in [4.78, 5) is 13.8. The van der Waals surface area contributed by atoms with Crippen LogP contribution < -0.4 is 10.1 Å². The second-order valence-electron chi connectivity index (χ2n) is 11.2. The summed E-state index contributed by atoms with van der Waals surface area (Å²) < 4.78 is 141. The highest BCUT2D eigenvalue weighted by molar-refractivity contribution is 5.95. The van der Waals surface area contributed by atoms with E-state index in [2.05, 4.69) is 10.1 Å². The Morgan fingerprint density at radius 3 is 2.02 bits per heavy atom. The topological polar surface area (TPSA) is 38.3 Å². The number of halogens is 10. The second kappa shape index (κ2) is 12.6. The average molecular weight is 670 g/mol. The Balaban J connectivity index is 1.73. The van der Waals surface area contributed by atoms with Crippen LogP contribution in [0.2, 0.25) is 0 Å². The first-order chi connectivity index (χ1) is 22.0. The molecule has 0 spiro atoms. The molecule has 1 aliphatic carbocycles. The largest absolute Gasteiger partial charge is 0.499 e. The monoisotopic (exact) mass is 669 g/mol. The molecule has 1 amide bonds. The second-order valence-corrected chi connectivity index (χ2v) is 11.2. The molecule has 0 saturated heterocycles. The van der Waals surface area contributed by atoms with E-state index in [4.69, 9.17) is 0 Å². The van der Waals surface area contributed by atoms with Gasteiger partial charge in [-0.15, -0.1) is 0 Å². The Morgan fingerprint density at radius 2 is 1.40 bits per heavy atom. The molecule has 1 saturated carbocycles. The van der Waals surface area contributed by atoms with E-state index in [0.29, 0.717) is 30.5 Å². The zero-order valence-electron chi connectivity index (χ0n) is 24.2. The predicted octanol–water partition coefficient (Wildman–Crippen LogP) is 9.70. The lowest BCUT2D eigenvalue weighted by molar-refractivity contribution is -0.360. The van der Waals surface area contributed by atoms with Gasteiger partial charge in [0.1, 0.15) is 17.4 Å². The van der Waals surface area contributed by atoms with Gasteiger partial charge in [-0.25, -0.2) is 8.78 Å². The predicted molar refractivity (Wildman–Crippen MR) is 151 cm³/mol. The Kier molecular flexibility index (Phi) is 9.04. The van der Waals surface area contributed by atoms with Gasteiger partial charge in [-0.05, 0) is 83.5 Å². The van der Waals surface area contributed by atoms with Crippen LogP contribution in [-0.4, -0.2) is 18.2 Å².